The largest absolute Gasteiger partial charge is 0.494 e. The van der Waals surface area contributed by atoms with Crippen LogP contribution < -0.4 is 10.1 Å². The number of hydrogen-bond acceptors (Lipinski definition) is 4. The highest BCUT2D eigenvalue weighted by Crippen LogP contribution is 2.19. The summed E-state index contributed by atoms with van der Waals surface area (Å²) in [6, 6.07) is 11.4. The smallest absolute Gasteiger partial charge is 0.234 e. The van der Waals surface area contributed by atoms with E-state index in [-0.39, 0.29) is 23.5 Å². The van der Waals surface area contributed by atoms with Crippen LogP contribution in [0.2, 0.25) is 0 Å². The molecule has 5 nitrogen and oxygen atoms in total. The lowest BCUT2D eigenvalue weighted by Gasteiger charge is -2.34. The summed E-state index contributed by atoms with van der Waals surface area (Å²) in [4.78, 5) is 17.0. The molecule has 1 N–H and O–H groups in total. The second-order valence-electron chi connectivity index (χ2n) is 8.15. The van der Waals surface area contributed by atoms with Gasteiger partial charge >= 0.3 is 0 Å². The van der Waals surface area contributed by atoms with Crippen molar-refractivity contribution < 1.29 is 13.9 Å². The monoisotopic (exact) mass is 413 g/mol. The van der Waals surface area contributed by atoms with E-state index in [0.29, 0.717) is 13.1 Å². The van der Waals surface area contributed by atoms with E-state index in [1.165, 1.54) is 24.3 Å². The predicted molar refractivity (Wildman–Crippen MR) is 117 cm³/mol. The van der Waals surface area contributed by atoms with E-state index in [9.17, 15) is 9.18 Å². The highest BCUT2D eigenvalue weighted by molar-refractivity contribution is 5.78. The number of piperazine rings is 1. The molecule has 1 unspecified atom stereocenters. The van der Waals surface area contributed by atoms with E-state index in [4.69, 9.17) is 4.74 Å². The highest BCUT2D eigenvalue weighted by atomic mass is 19.1. The summed E-state index contributed by atoms with van der Waals surface area (Å²) < 4.78 is 18.9. The molecule has 0 bridgehead atoms. The van der Waals surface area contributed by atoms with E-state index in [1.807, 2.05) is 13.0 Å². The molecule has 162 valence electrons. The standard InChI is InChI=1S/C24H32FN3O2/c1-17-5-7-21(13-18(17)2)19(3)26-24(29)16-28-11-9-27(10-12-28)15-20-6-8-23(30-4)22(25)14-20/h5-8,13-14,19H,9-12,15-16H2,1-4H3,(H,26,29). The highest BCUT2D eigenvalue weighted by Gasteiger charge is 2.20. The summed E-state index contributed by atoms with van der Waals surface area (Å²) in [5.74, 6) is -0.0146. The van der Waals surface area contributed by atoms with E-state index in [2.05, 4.69) is 47.2 Å². The number of carbonyl (C=O) groups excluding carboxylic acids is 1. The minimum atomic E-state index is -0.330. The normalized spacial score (nSPS) is 16.3. The summed E-state index contributed by atoms with van der Waals surface area (Å²) >= 11 is 0. The first-order valence-corrected chi connectivity index (χ1v) is 10.5. The van der Waals surface area contributed by atoms with Crippen molar-refractivity contribution in [3.63, 3.8) is 0 Å². The van der Waals surface area contributed by atoms with Crippen LogP contribution in [-0.4, -0.2) is 55.5 Å². The van der Waals surface area contributed by atoms with E-state index >= 15 is 0 Å². The SMILES string of the molecule is COc1ccc(CN2CCN(CC(=O)NC(C)c3ccc(C)c(C)c3)CC2)cc1F. The van der Waals surface area contributed by atoms with Crippen molar-refractivity contribution in [3.8, 4) is 5.75 Å². The van der Waals surface area contributed by atoms with Crippen molar-refractivity contribution in [2.24, 2.45) is 0 Å². The first-order chi connectivity index (χ1) is 14.4. The third kappa shape index (κ3) is 5.80. The fraction of sp³-hybridized carbons (Fsp3) is 0.458. The molecule has 2 aromatic rings. The molecule has 3 rings (SSSR count). The van der Waals surface area contributed by atoms with Gasteiger partial charge in [0.2, 0.25) is 5.91 Å². The Morgan fingerprint density at radius 2 is 1.77 bits per heavy atom. The van der Waals surface area contributed by atoms with Crippen LogP contribution in [0.1, 0.15) is 35.2 Å². The third-order valence-corrected chi connectivity index (χ3v) is 5.86. The Labute approximate surface area is 178 Å². The van der Waals surface area contributed by atoms with Crippen LogP contribution in [0.25, 0.3) is 0 Å². The molecular weight excluding hydrogens is 381 g/mol. The summed E-state index contributed by atoms with van der Waals surface area (Å²) in [6.45, 7) is 10.7. The van der Waals surface area contributed by atoms with E-state index < -0.39 is 0 Å². The maximum Gasteiger partial charge on any atom is 0.234 e. The molecule has 1 saturated heterocycles. The van der Waals surface area contributed by atoms with Crippen molar-refractivity contribution in [1.29, 1.82) is 0 Å². The lowest BCUT2D eigenvalue weighted by Crippen LogP contribution is -2.49. The topological polar surface area (TPSA) is 44.8 Å². The molecule has 0 radical (unpaired) electrons. The zero-order chi connectivity index (χ0) is 21.7. The minimum Gasteiger partial charge on any atom is -0.494 e. The number of methoxy groups -OCH3 is 1. The lowest BCUT2D eigenvalue weighted by molar-refractivity contribution is -0.123. The van der Waals surface area contributed by atoms with Gasteiger partial charge in [-0.15, -0.1) is 0 Å². The quantitative estimate of drug-likeness (QED) is 0.755. The number of benzene rings is 2. The van der Waals surface area contributed by atoms with E-state index in [1.54, 1.807) is 6.07 Å². The Morgan fingerprint density at radius 3 is 2.40 bits per heavy atom. The number of rotatable bonds is 7. The zero-order valence-corrected chi connectivity index (χ0v) is 18.4. The summed E-state index contributed by atoms with van der Waals surface area (Å²) in [5.41, 5.74) is 4.55. The molecule has 1 fully saturated rings. The number of carbonyl (C=O) groups is 1. The second-order valence-corrected chi connectivity index (χ2v) is 8.15. The molecular formula is C24H32FN3O2. The molecule has 0 aliphatic carbocycles. The van der Waals surface area contributed by atoms with Gasteiger partial charge in [-0.2, -0.15) is 0 Å². The summed E-state index contributed by atoms with van der Waals surface area (Å²) in [5, 5.41) is 3.11. The molecule has 30 heavy (non-hydrogen) atoms. The van der Waals surface area contributed by atoms with Crippen LogP contribution in [0.5, 0.6) is 5.75 Å². The predicted octanol–water partition coefficient (Wildman–Crippen LogP) is 3.45. The van der Waals surface area contributed by atoms with Crippen molar-refractivity contribution in [3.05, 3.63) is 64.5 Å². The Balaban J connectivity index is 1.44. The number of halogens is 1. The molecule has 0 saturated carbocycles. The average molecular weight is 414 g/mol. The molecule has 1 aliphatic heterocycles. The van der Waals surface area contributed by atoms with Crippen LogP contribution in [0.15, 0.2) is 36.4 Å². The number of amides is 1. The summed E-state index contributed by atoms with van der Waals surface area (Å²) in [7, 11) is 1.47. The van der Waals surface area contributed by atoms with Gasteiger partial charge in [0.05, 0.1) is 19.7 Å². The van der Waals surface area contributed by atoms with Gasteiger partial charge in [0.1, 0.15) is 0 Å². The minimum absolute atomic E-state index is 0.0111. The number of ether oxygens (including phenoxy) is 1. The molecule has 6 heteroatoms. The first kappa shape index (κ1) is 22.2. The van der Waals surface area contributed by atoms with Gasteiger partial charge in [-0.1, -0.05) is 24.3 Å². The Hall–Kier alpha value is -2.44. The van der Waals surface area contributed by atoms with Gasteiger partial charge in [-0.05, 0) is 55.2 Å². The number of aryl methyl sites for hydroxylation is 2. The Kier molecular flexibility index (Phi) is 7.45. The third-order valence-electron chi connectivity index (χ3n) is 5.86. The average Bonchev–Trinajstić information content (AvgIpc) is 2.71. The fourth-order valence-electron chi connectivity index (χ4n) is 3.78. The second kappa shape index (κ2) is 10.0. The Bertz CT molecular complexity index is 879. The van der Waals surface area contributed by atoms with Gasteiger partial charge in [-0.25, -0.2) is 4.39 Å². The maximum absolute atomic E-state index is 13.9. The molecule has 1 heterocycles. The van der Waals surface area contributed by atoms with Crippen LogP contribution in [0, 0.1) is 19.7 Å². The maximum atomic E-state index is 13.9. The zero-order valence-electron chi connectivity index (χ0n) is 18.4. The number of nitrogens with one attached hydrogen (secondary N) is 1. The van der Waals surface area contributed by atoms with Gasteiger partial charge in [-0.3, -0.25) is 14.6 Å². The molecule has 1 atom stereocenters. The lowest BCUT2D eigenvalue weighted by atomic mass is 10.0. The number of hydrogen-bond donors (Lipinski definition) is 1. The number of nitrogens with zero attached hydrogens (tertiary/aromatic N) is 2. The van der Waals surface area contributed by atoms with Gasteiger partial charge in [0.15, 0.2) is 11.6 Å². The van der Waals surface area contributed by atoms with E-state index in [0.717, 1.165) is 37.3 Å². The molecule has 0 aromatic heterocycles. The van der Waals surface area contributed by atoms with Crippen LogP contribution in [0.3, 0.4) is 0 Å². The Morgan fingerprint density at radius 1 is 1.07 bits per heavy atom. The molecule has 1 aliphatic rings. The van der Waals surface area contributed by atoms with Crippen molar-refractivity contribution in [2.45, 2.75) is 33.4 Å². The van der Waals surface area contributed by atoms with Crippen LogP contribution in [0.4, 0.5) is 4.39 Å². The van der Waals surface area contributed by atoms with Crippen molar-refractivity contribution in [1.82, 2.24) is 15.1 Å². The van der Waals surface area contributed by atoms with Crippen molar-refractivity contribution >= 4 is 5.91 Å². The summed E-state index contributed by atoms with van der Waals surface area (Å²) in [6.07, 6.45) is 0. The van der Waals surface area contributed by atoms with Crippen LogP contribution >= 0.6 is 0 Å². The first-order valence-electron chi connectivity index (χ1n) is 10.5. The molecule has 1 amide bonds. The fourth-order valence-corrected chi connectivity index (χ4v) is 3.78. The van der Waals surface area contributed by atoms with Crippen molar-refractivity contribution in [2.75, 3.05) is 39.8 Å². The van der Waals surface area contributed by atoms with Gasteiger partial charge in [0.25, 0.3) is 0 Å². The van der Waals surface area contributed by atoms with Gasteiger partial charge in [0, 0.05) is 32.7 Å². The molecule has 2 aromatic carbocycles. The van der Waals surface area contributed by atoms with Crippen LogP contribution in [-0.2, 0) is 11.3 Å². The van der Waals surface area contributed by atoms with Gasteiger partial charge < -0.3 is 10.1 Å². The molecule has 0 spiro atoms.